The molecule has 1 aromatic heterocycles. The van der Waals surface area contributed by atoms with Crippen LogP contribution in [0.4, 0.5) is 0 Å². The van der Waals surface area contributed by atoms with Crippen molar-refractivity contribution in [2.24, 2.45) is 0 Å². The van der Waals surface area contributed by atoms with Gasteiger partial charge in [0.15, 0.2) is 0 Å². The summed E-state index contributed by atoms with van der Waals surface area (Å²) in [5.74, 6) is 0.917. The van der Waals surface area contributed by atoms with Crippen LogP contribution >= 0.6 is 0 Å². The van der Waals surface area contributed by atoms with Gasteiger partial charge in [-0.3, -0.25) is 0 Å². The molecule has 2 heteroatoms. The molecule has 0 radical (unpaired) electrons. The number of nitrogens with one attached hydrogen (secondary N) is 1. The molecule has 0 saturated carbocycles. The summed E-state index contributed by atoms with van der Waals surface area (Å²) in [6.07, 6.45) is 1.70. The second-order valence-corrected chi connectivity index (χ2v) is 3.61. The second-order valence-electron chi connectivity index (χ2n) is 3.61. The van der Waals surface area contributed by atoms with Gasteiger partial charge in [-0.1, -0.05) is 18.2 Å². The molecule has 78 valence electrons. The van der Waals surface area contributed by atoms with Crippen molar-refractivity contribution in [1.82, 2.24) is 5.32 Å². The summed E-state index contributed by atoms with van der Waals surface area (Å²) in [5.41, 5.74) is 2.39. The van der Waals surface area contributed by atoms with Crippen molar-refractivity contribution in [1.29, 1.82) is 0 Å². The highest BCUT2D eigenvalue weighted by molar-refractivity contribution is 5.58. The molecule has 2 nitrogen and oxygen atoms in total. The molecule has 0 aliphatic heterocycles. The molecule has 1 aromatic carbocycles. The van der Waals surface area contributed by atoms with Crippen molar-refractivity contribution in [3.8, 4) is 11.3 Å². The van der Waals surface area contributed by atoms with Crippen LogP contribution in [-0.4, -0.2) is 7.05 Å². The summed E-state index contributed by atoms with van der Waals surface area (Å²) >= 11 is 0. The maximum absolute atomic E-state index is 5.37. The average Bonchev–Trinajstić information content (AvgIpc) is 2.82. The van der Waals surface area contributed by atoms with Crippen LogP contribution < -0.4 is 5.32 Å². The van der Waals surface area contributed by atoms with Gasteiger partial charge >= 0.3 is 0 Å². The predicted octanol–water partition coefficient (Wildman–Crippen LogP) is 3.23. The normalized spacial score (nSPS) is 12.7. The van der Waals surface area contributed by atoms with Crippen LogP contribution in [0.3, 0.4) is 0 Å². The molecular formula is C13H15NO. The lowest BCUT2D eigenvalue weighted by molar-refractivity contribution is 0.582. The van der Waals surface area contributed by atoms with Crippen LogP contribution in [0, 0.1) is 0 Å². The van der Waals surface area contributed by atoms with Crippen LogP contribution in [0.15, 0.2) is 47.1 Å². The van der Waals surface area contributed by atoms with Gasteiger partial charge in [0.05, 0.1) is 6.26 Å². The van der Waals surface area contributed by atoms with Crippen LogP contribution in [0.5, 0.6) is 0 Å². The third kappa shape index (κ3) is 2.10. The summed E-state index contributed by atoms with van der Waals surface area (Å²) in [5, 5.41) is 3.22. The summed E-state index contributed by atoms with van der Waals surface area (Å²) in [6, 6.07) is 12.6. The molecule has 2 aromatic rings. The van der Waals surface area contributed by atoms with Crippen LogP contribution in [0.1, 0.15) is 18.5 Å². The summed E-state index contributed by atoms with van der Waals surface area (Å²) in [4.78, 5) is 0. The predicted molar refractivity (Wildman–Crippen MR) is 61.6 cm³/mol. The van der Waals surface area contributed by atoms with Crippen molar-refractivity contribution in [2.75, 3.05) is 7.05 Å². The van der Waals surface area contributed by atoms with Gasteiger partial charge in [-0.25, -0.2) is 0 Å². The van der Waals surface area contributed by atoms with E-state index < -0.39 is 0 Å². The van der Waals surface area contributed by atoms with E-state index in [0.29, 0.717) is 6.04 Å². The lowest BCUT2D eigenvalue weighted by Gasteiger charge is -2.11. The minimum atomic E-state index is 0.361. The molecule has 1 heterocycles. The molecule has 0 spiro atoms. The molecule has 1 N–H and O–H groups in total. The zero-order valence-electron chi connectivity index (χ0n) is 9.03. The summed E-state index contributed by atoms with van der Waals surface area (Å²) in [6.45, 7) is 2.14. The zero-order valence-corrected chi connectivity index (χ0v) is 9.03. The van der Waals surface area contributed by atoms with Gasteiger partial charge in [0.2, 0.25) is 0 Å². The first-order valence-corrected chi connectivity index (χ1v) is 5.12. The third-order valence-corrected chi connectivity index (χ3v) is 2.63. The molecule has 0 fully saturated rings. The minimum absolute atomic E-state index is 0.361. The third-order valence-electron chi connectivity index (χ3n) is 2.63. The Kier molecular flexibility index (Phi) is 2.88. The van der Waals surface area contributed by atoms with E-state index in [-0.39, 0.29) is 0 Å². The van der Waals surface area contributed by atoms with E-state index in [4.69, 9.17) is 4.42 Å². The van der Waals surface area contributed by atoms with Crippen molar-refractivity contribution in [3.05, 3.63) is 48.2 Å². The standard InChI is InChI=1S/C13H15NO/c1-10(14-2)11-5-3-6-12(9-11)13-7-4-8-15-13/h3-10,14H,1-2H3. The monoisotopic (exact) mass is 201 g/mol. The van der Waals surface area contributed by atoms with Gasteiger partial charge in [0, 0.05) is 11.6 Å². The smallest absolute Gasteiger partial charge is 0.133 e. The number of hydrogen-bond acceptors (Lipinski definition) is 2. The number of rotatable bonds is 3. The zero-order chi connectivity index (χ0) is 10.7. The topological polar surface area (TPSA) is 25.2 Å². The van der Waals surface area contributed by atoms with E-state index in [0.717, 1.165) is 11.3 Å². The Morgan fingerprint density at radius 3 is 2.73 bits per heavy atom. The number of benzene rings is 1. The van der Waals surface area contributed by atoms with Crippen molar-refractivity contribution >= 4 is 0 Å². The fourth-order valence-electron chi connectivity index (χ4n) is 1.57. The van der Waals surface area contributed by atoms with Gasteiger partial charge in [-0.2, -0.15) is 0 Å². The highest BCUT2D eigenvalue weighted by atomic mass is 16.3. The maximum Gasteiger partial charge on any atom is 0.133 e. The minimum Gasteiger partial charge on any atom is -0.464 e. The Balaban J connectivity index is 2.35. The van der Waals surface area contributed by atoms with Gasteiger partial charge in [-0.05, 0) is 37.7 Å². The molecule has 15 heavy (non-hydrogen) atoms. The Morgan fingerprint density at radius 2 is 2.07 bits per heavy atom. The summed E-state index contributed by atoms with van der Waals surface area (Å²) in [7, 11) is 1.96. The summed E-state index contributed by atoms with van der Waals surface area (Å²) < 4.78 is 5.37. The molecular weight excluding hydrogens is 186 g/mol. The van der Waals surface area contributed by atoms with E-state index in [1.807, 2.05) is 19.2 Å². The Bertz CT molecular complexity index is 420. The van der Waals surface area contributed by atoms with E-state index >= 15 is 0 Å². The SMILES string of the molecule is CNC(C)c1cccc(-c2ccco2)c1. The molecule has 2 rings (SSSR count). The quantitative estimate of drug-likeness (QED) is 0.824. The first kappa shape index (κ1) is 9.99. The average molecular weight is 201 g/mol. The Morgan fingerprint density at radius 1 is 1.20 bits per heavy atom. The molecule has 0 amide bonds. The first-order valence-electron chi connectivity index (χ1n) is 5.12. The van der Waals surface area contributed by atoms with Crippen LogP contribution in [0.2, 0.25) is 0 Å². The molecule has 0 aliphatic rings. The molecule has 0 saturated heterocycles. The van der Waals surface area contributed by atoms with Crippen LogP contribution in [0.25, 0.3) is 11.3 Å². The van der Waals surface area contributed by atoms with Crippen molar-refractivity contribution < 1.29 is 4.42 Å². The van der Waals surface area contributed by atoms with Crippen LogP contribution in [-0.2, 0) is 0 Å². The van der Waals surface area contributed by atoms with Crippen molar-refractivity contribution in [3.63, 3.8) is 0 Å². The Labute approximate surface area is 89.9 Å². The number of furan rings is 1. The highest BCUT2D eigenvalue weighted by Gasteiger charge is 2.05. The molecule has 1 atom stereocenters. The fourth-order valence-corrected chi connectivity index (χ4v) is 1.57. The Hall–Kier alpha value is -1.54. The van der Waals surface area contributed by atoms with E-state index in [1.165, 1.54) is 5.56 Å². The van der Waals surface area contributed by atoms with E-state index in [1.54, 1.807) is 6.26 Å². The fraction of sp³-hybridized carbons (Fsp3) is 0.231. The first-order chi connectivity index (χ1) is 7.31. The molecule has 1 unspecified atom stereocenters. The van der Waals surface area contributed by atoms with Gasteiger partial charge in [0.25, 0.3) is 0 Å². The lowest BCUT2D eigenvalue weighted by Crippen LogP contribution is -2.11. The van der Waals surface area contributed by atoms with Crippen molar-refractivity contribution in [2.45, 2.75) is 13.0 Å². The maximum atomic E-state index is 5.37. The lowest BCUT2D eigenvalue weighted by atomic mass is 10.0. The second kappa shape index (κ2) is 4.32. The van der Waals surface area contributed by atoms with E-state index in [2.05, 4.69) is 36.5 Å². The number of hydrogen-bond donors (Lipinski definition) is 1. The van der Waals surface area contributed by atoms with E-state index in [9.17, 15) is 0 Å². The van der Waals surface area contributed by atoms with Gasteiger partial charge in [-0.15, -0.1) is 0 Å². The highest BCUT2D eigenvalue weighted by Crippen LogP contribution is 2.23. The largest absolute Gasteiger partial charge is 0.464 e. The molecule has 0 aliphatic carbocycles. The molecule has 0 bridgehead atoms. The van der Waals surface area contributed by atoms with Gasteiger partial charge in [0.1, 0.15) is 5.76 Å². The van der Waals surface area contributed by atoms with Gasteiger partial charge < -0.3 is 9.73 Å².